The van der Waals surface area contributed by atoms with Crippen LogP contribution in [0.1, 0.15) is 29.5 Å². The Labute approximate surface area is 205 Å². The van der Waals surface area contributed by atoms with Gasteiger partial charge in [-0.15, -0.1) is 0 Å². The topological polar surface area (TPSA) is 97.4 Å². The third-order valence-electron chi connectivity index (χ3n) is 5.46. The minimum absolute atomic E-state index is 0.0194. The third kappa shape index (κ3) is 6.19. The van der Waals surface area contributed by atoms with Crippen molar-refractivity contribution in [2.45, 2.75) is 37.5 Å². The number of hydrogen-bond acceptors (Lipinski definition) is 5. The molecule has 0 fully saturated rings. The molecule has 0 spiro atoms. The van der Waals surface area contributed by atoms with E-state index in [-0.39, 0.29) is 30.0 Å². The van der Waals surface area contributed by atoms with Gasteiger partial charge in [0.25, 0.3) is 0 Å². The number of rotatable bonds is 10. The Balaban J connectivity index is 1.70. The lowest BCUT2D eigenvalue weighted by Gasteiger charge is -2.23. The maximum atomic E-state index is 13.4. The zero-order valence-electron chi connectivity index (χ0n) is 19.5. The van der Waals surface area contributed by atoms with Crippen molar-refractivity contribution in [2.75, 3.05) is 6.54 Å². The van der Waals surface area contributed by atoms with Crippen LogP contribution < -0.4 is 5.32 Å². The molecule has 2 amide bonds. The van der Waals surface area contributed by atoms with Gasteiger partial charge in [0.2, 0.25) is 15.0 Å². The van der Waals surface area contributed by atoms with Crippen LogP contribution in [0.5, 0.6) is 0 Å². The zero-order valence-corrected chi connectivity index (χ0v) is 20.3. The first-order valence-electron chi connectivity index (χ1n) is 11.4. The molecule has 9 heteroatoms. The standard InChI is InChI=1S/C26H28N4O4S/c1-2-27-25(31)29(19-24-14-9-15-34-24)18-23-16-28-26(30(23)17-21-10-5-3-6-11-21)35(32,33)20-22-12-7-4-8-13-22/h3-16H,2,17-20H2,1H3,(H,27,31). The van der Waals surface area contributed by atoms with Gasteiger partial charge in [0.1, 0.15) is 5.76 Å². The maximum absolute atomic E-state index is 13.4. The SMILES string of the molecule is CCNC(=O)N(Cc1ccco1)Cc1cnc(S(=O)(=O)Cc2ccccc2)n1Cc1ccccc1. The van der Waals surface area contributed by atoms with Gasteiger partial charge in [-0.3, -0.25) is 0 Å². The van der Waals surface area contributed by atoms with Gasteiger partial charge in [-0.1, -0.05) is 60.7 Å². The van der Waals surface area contributed by atoms with Crippen molar-refractivity contribution in [3.63, 3.8) is 0 Å². The summed E-state index contributed by atoms with van der Waals surface area (Å²) in [6.07, 6.45) is 3.09. The van der Waals surface area contributed by atoms with Crippen molar-refractivity contribution < 1.29 is 17.6 Å². The van der Waals surface area contributed by atoms with E-state index in [0.29, 0.717) is 30.1 Å². The molecule has 0 bridgehead atoms. The minimum Gasteiger partial charge on any atom is -0.467 e. The number of sulfone groups is 1. The Morgan fingerprint density at radius 1 is 0.971 bits per heavy atom. The van der Waals surface area contributed by atoms with E-state index in [4.69, 9.17) is 4.42 Å². The Hall–Kier alpha value is -3.85. The minimum atomic E-state index is -3.75. The Morgan fingerprint density at radius 3 is 2.29 bits per heavy atom. The Morgan fingerprint density at radius 2 is 1.66 bits per heavy atom. The predicted octanol–water partition coefficient (Wildman–Crippen LogP) is 4.23. The summed E-state index contributed by atoms with van der Waals surface area (Å²) in [7, 11) is -3.75. The van der Waals surface area contributed by atoms with Gasteiger partial charge in [-0.25, -0.2) is 18.2 Å². The number of imidazole rings is 1. The van der Waals surface area contributed by atoms with E-state index in [9.17, 15) is 13.2 Å². The Kier molecular flexibility index (Phi) is 7.67. The van der Waals surface area contributed by atoms with Crippen molar-refractivity contribution in [2.24, 2.45) is 0 Å². The Bertz CT molecular complexity index is 1330. The number of hydrogen-bond donors (Lipinski definition) is 1. The van der Waals surface area contributed by atoms with Crippen molar-refractivity contribution in [1.82, 2.24) is 19.8 Å². The fourth-order valence-corrected chi connectivity index (χ4v) is 5.30. The van der Waals surface area contributed by atoms with E-state index in [1.165, 1.54) is 6.20 Å². The normalized spacial score (nSPS) is 11.3. The number of carbonyl (C=O) groups is 1. The van der Waals surface area contributed by atoms with Gasteiger partial charge in [0.05, 0.1) is 43.5 Å². The summed E-state index contributed by atoms with van der Waals surface area (Å²) in [5.41, 5.74) is 2.22. The average Bonchev–Trinajstić information content (AvgIpc) is 3.50. The highest BCUT2D eigenvalue weighted by molar-refractivity contribution is 7.90. The molecular weight excluding hydrogens is 464 g/mol. The van der Waals surface area contributed by atoms with Crippen LogP contribution in [0.4, 0.5) is 4.79 Å². The highest BCUT2D eigenvalue weighted by Gasteiger charge is 2.26. The maximum Gasteiger partial charge on any atom is 0.318 e. The van der Waals surface area contributed by atoms with Crippen LogP contribution >= 0.6 is 0 Å². The number of carbonyl (C=O) groups excluding carboxylic acids is 1. The summed E-state index contributed by atoms with van der Waals surface area (Å²) >= 11 is 0. The smallest absolute Gasteiger partial charge is 0.318 e. The number of nitrogens with one attached hydrogen (secondary N) is 1. The van der Waals surface area contributed by atoms with Crippen LogP contribution in [0.2, 0.25) is 0 Å². The first kappa shape index (κ1) is 24.3. The van der Waals surface area contributed by atoms with Gasteiger partial charge < -0.3 is 19.2 Å². The molecule has 182 valence electrons. The summed E-state index contributed by atoms with van der Waals surface area (Å²) in [4.78, 5) is 18.7. The van der Waals surface area contributed by atoms with Crippen LogP contribution in [0.15, 0.2) is 94.8 Å². The molecule has 2 heterocycles. The molecule has 0 saturated heterocycles. The van der Waals surface area contributed by atoms with Gasteiger partial charge >= 0.3 is 6.03 Å². The van der Waals surface area contributed by atoms with Crippen molar-refractivity contribution >= 4 is 15.9 Å². The predicted molar refractivity (Wildman–Crippen MR) is 132 cm³/mol. The van der Waals surface area contributed by atoms with E-state index in [0.717, 1.165) is 5.56 Å². The molecule has 4 aromatic rings. The van der Waals surface area contributed by atoms with E-state index in [2.05, 4.69) is 10.3 Å². The number of nitrogens with zero attached hydrogens (tertiary/aromatic N) is 3. The van der Waals surface area contributed by atoms with Gasteiger partial charge in [-0.05, 0) is 30.2 Å². The number of urea groups is 1. The summed E-state index contributed by atoms with van der Waals surface area (Å²) < 4.78 is 34.0. The van der Waals surface area contributed by atoms with E-state index in [1.54, 1.807) is 40.0 Å². The van der Waals surface area contributed by atoms with E-state index >= 15 is 0 Å². The fraction of sp³-hybridized carbons (Fsp3) is 0.231. The molecule has 0 aliphatic rings. The molecule has 2 aromatic carbocycles. The lowest BCUT2D eigenvalue weighted by atomic mass is 10.2. The number of furan rings is 1. The van der Waals surface area contributed by atoms with Crippen molar-refractivity contribution in [3.05, 3.63) is 108 Å². The second-order valence-corrected chi connectivity index (χ2v) is 10.0. The molecule has 0 atom stereocenters. The highest BCUT2D eigenvalue weighted by atomic mass is 32.2. The largest absolute Gasteiger partial charge is 0.467 e. The molecular formula is C26H28N4O4S. The van der Waals surface area contributed by atoms with E-state index in [1.807, 2.05) is 55.5 Å². The lowest BCUT2D eigenvalue weighted by Crippen LogP contribution is -2.39. The summed E-state index contributed by atoms with van der Waals surface area (Å²) in [5.74, 6) is 0.466. The van der Waals surface area contributed by atoms with Crippen molar-refractivity contribution in [1.29, 1.82) is 0 Å². The summed E-state index contributed by atoms with van der Waals surface area (Å²) in [6.45, 7) is 3.02. The molecule has 0 aliphatic heterocycles. The first-order valence-corrected chi connectivity index (χ1v) is 13.0. The fourth-order valence-electron chi connectivity index (χ4n) is 3.81. The van der Waals surface area contributed by atoms with Gasteiger partial charge in [0, 0.05) is 6.54 Å². The first-order chi connectivity index (χ1) is 17.0. The molecule has 0 radical (unpaired) electrons. The molecule has 0 aliphatic carbocycles. The number of benzene rings is 2. The number of amides is 2. The monoisotopic (exact) mass is 492 g/mol. The quantitative estimate of drug-likeness (QED) is 0.357. The van der Waals surface area contributed by atoms with Crippen LogP contribution in [0.3, 0.4) is 0 Å². The molecule has 2 aromatic heterocycles. The van der Waals surface area contributed by atoms with E-state index < -0.39 is 9.84 Å². The number of aromatic nitrogens is 2. The average molecular weight is 493 g/mol. The second-order valence-electron chi connectivity index (χ2n) is 8.12. The lowest BCUT2D eigenvalue weighted by molar-refractivity contribution is 0.186. The zero-order chi connectivity index (χ0) is 24.7. The molecule has 8 nitrogen and oxygen atoms in total. The third-order valence-corrected chi connectivity index (χ3v) is 7.05. The van der Waals surface area contributed by atoms with Crippen LogP contribution in [0.25, 0.3) is 0 Å². The van der Waals surface area contributed by atoms with Crippen molar-refractivity contribution in [3.8, 4) is 0 Å². The molecule has 0 saturated carbocycles. The summed E-state index contributed by atoms with van der Waals surface area (Å²) in [5, 5.41) is 2.80. The summed E-state index contributed by atoms with van der Waals surface area (Å²) in [6, 6.07) is 21.9. The molecule has 1 N–H and O–H groups in total. The molecule has 0 unspecified atom stereocenters. The molecule has 4 rings (SSSR count). The highest BCUT2D eigenvalue weighted by Crippen LogP contribution is 2.21. The van der Waals surface area contributed by atoms with Gasteiger partial charge in [-0.2, -0.15) is 0 Å². The van der Waals surface area contributed by atoms with Crippen LogP contribution in [-0.4, -0.2) is 35.4 Å². The van der Waals surface area contributed by atoms with Gasteiger partial charge in [0.15, 0.2) is 0 Å². The van der Waals surface area contributed by atoms with Crippen LogP contribution in [0, 0.1) is 0 Å². The van der Waals surface area contributed by atoms with Crippen LogP contribution in [-0.2, 0) is 35.2 Å². The molecule has 35 heavy (non-hydrogen) atoms. The second kappa shape index (κ2) is 11.1.